The molecule has 0 spiro atoms. The molecular formula is C13H22N2O3. The third-order valence-corrected chi connectivity index (χ3v) is 3.59. The van der Waals surface area contributed by atoms with Gasteiger partial charge in [-0.05, 0) is 12.8 Å². The molecular weight excluding hydrogens is 232 g/mol. The fraction of sp³-hybridized carbons (Fsp3) is 0.692. The van der Waals surface area contributed by atoms with Gasteiger partial charge in [0, 0.05) is 20.1 Å². The van der Waals surface area contributed by atoms with Crippen molar-refractivity contribution in [2.45, 2.75) is 32.1 Å². The fourth-order valence-corrected chi connectivity index (χ4v) is 2.35. The summed E-state index contributed by atoms with van der Waals surface area (Å²) in [7, 11) is 1.66. The second kappa shape index (κ2) is 6.42. The summed E-state index contributed by atoms with van der Waals surface area (Å²) in [4.78, 5) is 24.6. The second-order valence-corrected chi connectivity index (χ2v) is 4.97. The third kappa shape index (κ3) is 3.48. The third-order valence-electron chi connectivity index (χ3n) is 3.59. The van der Waals surface area contributed by atoms with E-state index in [4.69, 9.17) is 0 Å². The number of hydrogen-bond acceptors (Lipinski definition) is 2. The van der Waals surface area contributed by atoms with Crippen LogP contribution >= 0.6 is 0 Å². The molecule has 0 aliphatic heterocycles. The maximum Gasteiger partial charge on any atom is 0.317 e. The van der Waals surface area contributed by atoms with Crippen LogP contribution in [0.25, 0.3) is 0 Å². The van der Waals surface area contributed by atoms with E-state index in [1.165, 1.54) is 4.90 Å². The largest absolute Gasteiger partial charge is 0.481 e. The summed E-state index contributed by atoms with van der Waals surface area (Å²) in [5.74, 6) is -0.797. The number of aliphatic carboxylic acids is 1. The summed E-state index contributed by atoms with van der Waals surface area (Å²) in [6, 6.07) is -0.249. The van der Waals surface area contributed by atoms with Crippen molar-refractivity contribution in [3.05, 3.63) is 12.7 Å². The molecule has 0 aromatic rings. The lowest BCUT2D eigenvalue weighted by Crippen LogP contribution is -2.47. The van der Waals surface area contributed by atoms with Crippen LogP contribution in [-0.4, -0.2) is 42.1 Å². The van der Waals surface area contributed by atoms with Crippen molar-refractivity contribution < 1.29 is 14.7 Å². The van der Waals surface area contributed by atoms with Gasteiger partial charge in [-0.15, -0.1) is 6.58 Å². The van der Waals surface area contributed by atoms with E-state index in [0.717, 1.165) is 19.3 Å². The Hall–Kier alpha value is -1.52. The number of amides is 2. The van der Waals surface area contributed by atoms with Gasteiger partial charge in [-0.3, -0.25) is 4.79 Å². The van der Waals surface area contributed by atoms with Crippen LogP contribution in [0.3, 0.4) is 0 Å². The first-order chi connectivity index (χ1) is 8.52. The van der Waals surface area contributed by atoms with Gasteiger partial charge >= 0.3 is 12.0 Å². The van der Waals surface area contributed by atoms with Gasteiger partial charge in [-0.25, -0.2) is 4.79 Å². The normalized spacial score (nSPS) is 17.8. The summed E-state index contributed by atoms with van der Waals surface area (Å²) >= 11 is 0. The Morgan fingerprint density at radius 1 is 1.39 bits per heavy atom. The molecule has 1 aliphatic rings. The van der Waals surface area contributed by atoms with E-state index in [-0.39, 0.29) is 12.6 Å². The fourth-order valence-electron chi connectivity index (χ4n) is 2.35. The number of rotatable bonds is 5. The average Bonchev–Trinajstić information content (AvgIpc) is 2.37. The highest BCUT2D eigenvalue weighted by atomic mass is 16.4. The minimum absolute atomic E-state index is 0.211. The number of carbonyl (C=O) groups is 2. The Bertz CT molecular complexity index is 322. The molecule has 1 saturated carbocycles. The van der Waals surface area contributed by atoms with Crippen LogP contribution in [0.4, 0.5) is 4.79 Å². The molecule has 2 amide bonds. The van der Waals surface area contributed by atoms with Crippen LogP contribution in [0, 0.1) is 5.41 Å². The Labute approximate surface area is 108 Å². The number of carbonyl (C=O) groups excluding carboxylic acids is 1. The minimum Gasteiger partial charge on any atom is -0.481 e. The van der Waals surface area contributed by atoms with Gasteiger partial charge in [0.2, 0.25) is 0 Å². The molecule has 2 N–H and O–H groups in total. The van der Waals surface area contributed by atoms with Gasteiger partial charge in [-0.1, -0.05) is 25.3 Å². The highest BCUT2D eigenvalue weighted by Crippen LogP contribution is 2.35. The summed E-state index contributed by atoms with van der Waals surface area (Å²) in [6.07, 6.45) is 5.85. The first-order valence-electron chi connectivity index (χ1n) is 6.35. The minimum atomic E-state index is -0.797. The quantitative estimate of drug-likeness (QED) is 0.736. The molecule has 0 aromatic carbocycles. The van der Waals surface area contributed by atoms with E-state index in [9.17, 15) is 14.7 Å². The Balaban J connectivity index is 2.55. The van der Waals surface area contributed by atoms with E-state index < -0.39 is 11.4 Å². The monoisotopic (exact) mass is 254 g/mol. The summed E-state index contributed by atoms with van der Waals surface area (Å²) in [5.41, 5.74) is -0.775. The molecule has 1 rings (SSSR count). The highest BCUT2D eigenvalue weighted by molar-refractivity contribution is 5.78. The molecule has 5 nitrogen and oxygen atoms in total. The van der Waals surface area contributed by atoms with Crippen molar-refractivity contribution in [3.8, 4) is 0 Å². The van der Waals surface area contributed by atoms with Crippen molar-refractivity contribution in [2.24, 2.45) is 5.41 Å². The van der Waals surface area contributed by atoms with Crippen LogP contribution in [-0.2, 0) is 4.79 Å². The number of likely N-dealkylation sites (N-methyl/N-ethyl adjacent to an activating group) is 1. The van der Waals surface area contributed by atoms with Gasteiger partial charge in [0.05, 0.1) is 5.41 Å². The Morgan fingerprint density at radius 2 is 2.00 bits per heavy atom. The summed E-state index contributed by atoms with van der Waals surface area (Å²) < 4.78 is 0. The molecule has 0 saturated heterocycles. The standard InChI is InChI=1S/C13H22N2O3/c1-3-9-15(2)12(18)14-10-13(11(16)17)7-5-4-6-8-13/h3H,1,4-10H2,2H3,(H,14,18)(H,16,17). The van der Waals surface area contributed by atoms with Gasteiger partial charge in [0.1, 0.15) is 0 Å². The van der Waals surface area contributed by atoms with Gasteiger partial charge < -0.3 is 15.3 Å². The van der Waals surface area contributed by atoms with E-state index in [1.54, 1.807) is 13.1 Å². The number of carboxylic acid groups (broad SMARTS) is 1. The lowest BCUT2D eigenvalue weighted by molar-refractivity contribution is -0.150. The van der Waals surface area contributed by atoms with Crippen LogP contribution in [0.2, 0.25) is 0 Å². The van der Waals surface area contributed by atoms with Crippen LogP contribution in [0.1, 0.15) is 32.1 Å². The van der Waals surface area contributed by atoms with Gasteiger partial charge in [0.25, 0.3) is 0 Å². The van der Waals surface area contributed by atoms with E-state index in [1.807, 2.05) is 0 Å². The van der Waals surface area contributed by atoms with E-state index in [2.05, 4.69) is 11.9 Å². The van der Waals surface area contributed by atoms with Crippen molar-refractivity contribution in [1.82, 2.24) is 10.2 Å². The van der Waals surface area contributed by atoms with Crippen LogP contribution < -0.4 is 5.32 Å². The van der Waals surface area contributed by atoms with Crippen molar-refractivity contribution in [1.29, 1.82) is 0 Å². The topological polar surface area (TPSA) is 69.6 Å². The zero-order chi connectivity index (χ0) is 13.6. The number of urea groups is 1. The lowest BCUT2D eigenvalue weighted by Gasteiger charge is -2.33. The molecule has 0 unspecified atom stereocenters. The Kier molecular flexibility index (Phi) is 5.19. The van der Waals surface area contributed by atoms with Gasteiger partial charge in [-0.2, -0.15) is 0 Å². The second-order valence-electron chi connectivity index (χ2n) is 4.97. The van der Waals surface area contributed by atoms with Crippen molar-refractivity contribution >= 4 is 12.0 Å². The van der Waals surface area contributed by atoms with E-state index in [0.29, 0.717) is 19.4 Å². The molecule has 18 heavy (non-hydrogen) atoms. The number of nitrogens with zero attached hydrogens (tertiary/aromatic N) is 1. The average molecular weight is 254 g/mol. The molecule has 0 heterocycles. The van der Waals surface area contributed by atoms with Crippen molar-refractivity contribution in [2.75, 3.05) is 20.1 Å². The smallest absolute Gasteiger partial charge is 0.317 e. The number of nitrogens with one attached hydrogen (secondary N) is 1. The predicted octanol–water partition coefficient (Wildman–Crippen LogP) is 1.85. The molecule has 0 radical (unpaired) electrons. The maximum atomic E-state index is 11.7. The zero-order valence-corrected chi connectivity index (χ0v) is 10.9. The number of hydrogen-bond donors (Lipinski definition) is 2. The molecule has 0 atom stereocenters. The predicted molar refractivity (Wildman–Crippen MR) is 69.4 cm³/mol. The summed E-state index contributed by atoms with van der Waals surface area (Å²) in [5, 5.41) is 12.1. The maximum absolute atomic E-state index is 11.7. The first kappa shape index (κ1) is 14.5. The zero-order valence-electron chi connectivity index (χ0n) is 10.9. The van der Waals surface area contributed by atoms with Crippen LogP contribution in [0.15, 0.2) is 12.7 Å². The first-order valence-corrected chi connectivity index (χ1v) is 6.35. The SMILES string of the molecule is C=CCN(C)C(=O)NCC1(C(=O)O)CCCCC1. The molecule has 0 bridgehead atoms. The van der Waals surface area contributed by atoms with E-state index >= 15 is 0 Å². The lowest BCUT2D eigenvalue weighted by atomic mass is 9.74. The molecule has 1 fully saturated rings. The molecule has 0 aromatic heterocycles. The summed E-state index contributed by atoms with van der Waals surface area (Å²) in [6.45, 7) is 4.22. The molecule has 1 aliphatic carbocycles. The van der Waals surface area contributed by atoms with Gasteiger partial charge in [0.15, 0.2) is 0 Å². The number of carboxylic acids is 1. The Morgan fingerprint density at radius 3 is 2.50 bits per heavy atom. The molecule has 5 heteroatoms. The van der Waals surface area contributed by atoms with Crippen molar-refractivity contribution in [3.63, 3.8) is 0 Å². The molecule has 102 valence electrons. The van der Waals surface area contributed by atoms with Crippen LogP contribution in [0.5, 0.6) is 0 Å². The highest BCUT2D eigenvalue weighted by Gasteiger charge is 2.39.